The van der Waals surface area contributed by atoms with Crippen molar-refractivity contribution in [1.82, 2.24) is 4.90 Å². The van der Waals surface area contributed by atoms with Gasteiger partial charge in [-0.2, -0.15) is 5.26 Å². The second kappa shape index (κ2) is 5.50. The summed E-state index contributed by atoms with van der Waals surface area (Å²) < 4.78 is 5.48. The van der Waals surface area contributed by atoms with Gasteiger partial charge in [0.15, 0.2) is 0 Å². The van der Waals surface area contributed by atoms with Crippen LogP contribution in [0.3, 0.4) is 0 Å². The van der Waals surface area contributed by atoms with Gasteiger partial charge in [0.25, 0.3) is 5.54 Å². The number of aliphatic carboxylic acids is 1. The van der Waals surface area contributed by atoms with Crippen LogP contribution in [0.5, 0.6) is 0 Å². The Balaban J connectivity index is 2.35. The zero-order chi connectivity index (χ0) is 13.8. The standard InChI is InChI=1S/C11H19N3O3Si/c1-18(2,3)5-4-17-9-14-7-11(6-12,10(15)16)13-8-14/h8H,4-5,7,9H2,1-3H3,(H,15,16). The van der Waals surface area contributed by atoms with E-state index in [9.17, 15) is 4.79 Å². The summed E-state index contributed by atoms with van der Waals surface area (Å²) in [7, 11) is -1.11. The largest absolute Gasteiger partial charge is 0.479 e. The van der Waals surface area contributed by atoms with Gasteiger partial charge in [0.1, 0.15) is 12.8 Å². The predicted octanol–water partition coefficient (Wildman–Crippen LogP) is 0.990. The molecule has 1 aliphatic heterocycles. The Morgan fingerprint density at radius 2 is 2.33 bits per heavy atom. The van der Waals surface area contributed by atoms with Gasteiger partial charge in [0, 0.05) is 14.7 Å². The molecule has 0 amide bonds. The molecule has 0 aliphatic carbocycles. The lowest BCUT2D eigenvalue weighted by atomic mass is 10.0. The molecule has 0 fully saturated rings. The number of carboxylic acid groups (broad SMARTS) is 1. The Kier molecular flexibility index (Phi) is 4.48. The van der Waals surface area contributed by atoms with Crippen molar-refractivity contribution in [2.45, 2.75) is 31.2 Å². The van der Waals surface area contributed by atoms with E-state index in [0.29, 0.717) is 6.61 Å². The SMILES string of the molecule is C[Si](C)(C)CCOCN1C=NC(C#N)(C(=O)O)C1. The molecule has 0 aromatic rings. The Bertz CT molecular complexity index is 386. The van der Waals surface area contributed by atoms with Gasteiger partial charge in [-0.05, 0) is 6.04 Å². The number of carboxylic acids is 1. The molecule has 1 aliphatic rings. The highest BCUT2D eigenvalue weighted by Crippen LogP contribution is 2.17. The van der Waals surface area contributed by atoms with E-state index in [4.69, 9.17) is 15.1 Å². The second-order valence-corrected chi connectivity index (χ2v) is 11.2. The van der Waals surface area contributed by atoms with Crippen LogP contribution in [0.15, 0.2) is 4.99 Å². The lowest BCUT2D eigenvalue weighted by Gasteiger charge is -2.20. The minimum atomic E-state index is -1.66. The molecule has 0 aromatic carbocycles. The molecule has 1 heterocycles. The third kappa shape index (κ3) is 3.82. The third-order valence-electron chi connectivity index (χ3n) is 2.67. The molecule has 7 heteroatoms. The molecular weight excluding hydrogens is 250 g/mol. The van der Waals surface area contributed by atoms with Gasteiger partial charge in [-0.3, -0.25) is 0 Å². The van der Waals surface area contributed by atoms with Gasteiger partial charge < -0.3 is 14.7 Å². The van der Waals surface area contributed by atoms with Gasteiger partial charge in [0.05, 0.1) is 12.9 Å². The predicted molar refractivity (Wildman–Crippen MR) is 70.1 cm³/mol. The highest BCUT2D eigenvalue weighted by molar-refractivity contribution is 6.76. The summed E-state index contributed by atoms with van der Waals surface area (Å²) in [6.45, 7) is 7.78. The monoisotopic (exact) mass is 269 g/mol. The molecule has 0 spiro atoms. The minimum Gasteiger partial charge on any atom is -0.479 e. The average Bonchev–Trinajstić information content (AvgIpc) is 2.68. The molecule has 0 radical (unpaired) electrons. The summed E-state index contributed by atoms with van der Waals surface area (Å²) in [5.74, 6) is -1.22. The van der Waals surface area contributed by atoms with E-state index < -0.39 is 19.6 Å². The van der Waals surface area contributed by atoms with Gasteiger partial charge >= 0.3 is 5.97 Å². The van der Waals surface area contributed by atoms with Crippen LogP contribution in [-0.4, -0.2) is 55.8 Å². The molecule has 0 saturated carbocycles. The van der Waals surface area contributed by atoms with E-state index in [0.717, 1.165) is 6.04 Å². The maximum Gasteiger partial charge on any atom is 0.348 e. The summed E-state index contributed by atoms with van der Waals surface area (Å²) in [5, 5.41) is 17.8. The molecule has 0 aromatic heterocycles. The van der Waals surface area contributed by atoms with Crippen molar-refractivity contribution in [1.29, 1.82) is 5.26 Å². The van der Waals surface area contributed by atoms with Crippen molar-refractivity contribution in [2.24, 2.45) is 4.99 Å². The number of rotatable bonds is 6. The fourth-order valence-corrected chi connectivity index (χ4v) is 2.19. The normalized spacial score (nSPS) is 23.1. The summed E-state index contributed by atoms with van der Waals surface area (Å²) >= 11 is 0. The third-order valence-corrected chi connectivity index (χ3v) is 4.37. The lowest BCUT2D eigenvalue weighted by molar-refractivity contribution is -0.141. The Morgan fingerprint density at radius 1 is 1.67 bits per heavy atom. The summed E-state index contributed by atoms with van der Waals surface area (Å²) in [6.07, 6.45) is 1.38. The van der Waals surface area contributed by atoms with Crippen molar-refractivity contribution in [2.75, 3.05) is 19.9 Å². The van der Waals surface area contributed by atoms with Gasteiger partial charge in [-0.15, -0.1) is 0 Å². The van der Waals surface area contributed by atoms with Gasteiger partial charge in [0.2, 0.25) is 0 Å². The molecule has 1 atom stereocenters. The van der Waals surface area contributed by atoms with E-state index in [-0.39, 0.29) is 13.3 Å². The molecule has 1 unspecified atom stereocenters. The number of aliphatic imine (C=N–C) groups is 1. The summed E-state index contributed by atoms with van der Waals surface area (Å²) in [5.41, 5.74) is -1.66. The van der Waals surface area contributed by atoms with E-state index in [1.807, 2.05) is 0 Å². The van der Waals surface area contributed by atoms with Crippen LogP contribution in [-0.2, 0) is 9.53 Å². The molecule has 1 N–H and O–H groups in total. The van der Waals surface area contributed by atoms with Crippen LogP contribution < -0.4 is 0 Å². The number of nitriles is 1. The zero-order valence-electron chi connectivity index (χ0n) is 11.0. The zero-order valence-corrected chi connectivity index (χ0v) is 12.0. The van der Waals surface area contributed by atoms with Crippen molar-refractivity contribution in [3.05, 3.63) is 0 Å². The molecule has 1 rings (SSSR count). The molecule has 6 nitrogen and oxygen atoms in total. The second-order valence-electron chi connectivity index (χ2n) is 5.62. The first-order chi connectivity index (χ1) is 8.29. The number of hydrogen-bond donors (Lipinski definition) is 1. The van der Waals surface area contributed by atoms with Gasteiger partial charge in [-0.25, -0.2) is 9.79 Å². The molecule has 0 bridgehead atoms. The lowest BCUT2D eigenvalue weighted by Crippen LogP contribution is -2.41. The summed E-state index contributed by atoms with van der Waals surface area (Å²) in [4.78, 5) is 16.3. The number of hydrogen-bond acceptors (Lipinski definition) is 5. The van der Waals surface area contributed by atoms with E-state index in [1.165, 1.54) is 6.34 Å². The van der Waals surface area contributed by atoms with Crippen LogP contribution in [0.2, 0.25) is 25.7 Å². The fraction of sp³-hybridized carbons (Fsp3) is 0.727. The Hall–Kier alpha value is -1.39. The van der Waals surface area contributed by atoms with E-state index >= 15 is 0 Å². The quantitative estimate of drug-likeness (QED) is 0.574. The maximum atomic E-state index is 11.0. The molecule has 0 saturated heterocycles. The van der Waals surface area contributed by atoms with E-state index in [2.05, 4.69) is 24.6 Å². The average molecular weight is 269 g/mol. The number of nitrogens with zero attached hydrogens (tertiary/aromatic N) is 3. The van der Waals surface area contributed by atoms with Crippen LogP contribution >= 0.6 is 0 Å². The molecule has 100 valence electrons. The van der Waals surface area contributed by atoms with Crippen LogP contribution in [0, 0.1) is 11.3 Å². The first-order valence-electron chi connectivity index (χ1n) is 5.81. The maximum absolute atomic E-state index is 11.0. The van der Waals surface area contributed by atoms with Crippen LogP contribution in [0.1, 0.15) is 0 Å². The smallest absolute Gasteiger partial charge is 0.348 e. The Labute approximate surface area is 108 Å². The molecule has 18 heavy (non-hydrogen) atoms. The van der Waals surface area contributed by atoms with Crippen LogP contribution in [0.4, 0.5) is 0 Å². The topological polar surface area (TPSA) is 85.9 Å². The Morgan fingerprint density at radius 3 is 2.78 bits per heavy atom. The van der Waals surface area contributed by atoms with Crippen molar-refractivity contribution >= 4 is 20.4 Å². The highest BCUT2D eigenvalue weighted by Gasteiger charge is 2.43. The van der Waals surface area contributed by atoms with Crippen molar-refractivity contribution < 1.29 is 14.6 Å². The first kappa shape index (κ1) is 14.7. The van der Waals surface area contributed by atoms with Gasteiger partial charge in [-0.1, -0.05) is 19.6 Å². The number of ether oxygens (including phenoxy) is 1. The van der Waals surface area contributed by atoms with Crippen molar-refractivity contribution in [3.63, 3.8) is 0 Å². The number of carbonyl (C=O) groups is 1. The van der Waals surface area contributed by atoms with Crippen LogP contribution in [0.25, 0.3) is 0 Å². The fourth-order valence-electron chi connectivity index (χ4n) is 1.43. The van der Waals surface area contributed by atoms with Crippen molar-refractivity contribution in [3.8, 4) is 6.07 Å². The first-order valence-corrected chi connectivity index (χ1v) is 9.52. The van der Waals surface area contributed by atoms with E-state index in [1.54, 1.807) is 11.0 Å². The minimum absolute atomic E-state index is 0.0474. The molecular formula is C11H19N3O3Si. The highest BCUT2D eigenvalue weighted by atomic mass is 28.3. The summed E-state index contributed by atoms with van der Waals surface area (Å²) in [6, 6.07) is 2.79.